The molecule has 3 aromatic rings. The molecule has 2 N–H and O–H groups in total. The van der Waals surface area contributed by atoms with Crippen molar-refractivity contribution in [2.45, 2.75) is 26.3 Å². The molecule has 0 saturated heterocycles. The number of rotatable bonds is 6. The van der Waals surface area contributed by atoms with Crippen LogP contribution in [0.3, 0.4) is 0 Å². The molecule has 0 spiro atoms. The summed E-state index contributed by atoms with van der Waals surface area (Å²) in [5, 5.41) is 11.1. The molecule has 7 heteroatoms. The summed E-state index contributed by atoms with van der Waals surface area (Å²) in [6.45, 7) is 4.63. The topological polar surface area (TPSA) is 67.4 Å². The van der Waals surface area contributed by atoms with Crippen LogP contribution in [0.5, 0.6) is 0 Å². The van der Waals surface area contributed by atoms with Crippen LogP contribution in [0.4, 0.5) is 4.39 Å². The van der Waals surface area contributed by atoms with Crippen LogP contribution in [0.15, 0.2) is 58.1 Å². The maximum Gasteiger partial charge on any atom is 0.191 e. The molecule has 27 heavy (non-hydrogen) atoms. The number of hydrogen-bond donors (Lipinski definition) is 2. The highest BCUT2D eigenvalue weighted by atomic mass is 19.1. The molecule has 3 rings (SSSR count). The van der Waals surface area contributed by atoms with Gasteiger partial charge in [0.1, 0.15) is 17.3 Å². The number of hydrogen-bond acceptors (Lipinski definition) is 3. The van der Waals surface area contributed by atoms with Crippen LogP contribution in [0, 0.1) is 12.7 Å². The molecular formula is C20H24FN5O. The van der Waals surface area contributed by atoms with Gasteiger partial charge in [0.25, 0.3) is 0 Å². The van der Waals surface area contributed by atoms with Gasteiger partial charge in [0.15, 0.2) is 5.96 Å². The fraction of sp³-hybridized carbons (Fsp3) is 0.300. The van der Waals surface area contributed by atoms with Gasteiger partial charge in [-0.25, -0.2) is 9.07 Å². The molecule has 0 bridgehead atoms. The van der Waals surface area contributed by atoms with E-state index in [9.17, 15) is 4.39 Å². The zero-order valence-electron chi connectivity index (χ0n) is 15.7. The lowest BCUT2D eigenvalue weighted by Crippen LogP contribution is -2.39. The zero-order chi connectivity index (χ0) is 19.2. The quantitative estimate of drug-likeness (QED) is 0.516. The van der Waals surface area contributed by atoms with E-state index in [1.54, 1.807) is 23.9 Å². The van der Waals surface area contributed by atoms with E-state index in [1.807, 2.05) is 38.2 Å². The number of guanidine groups is 1. The van der Waals surface area contributed by atoms with Crippen LogP contribution in [0.1, 0.15) is 30.2 Å². The Bertz CT molecular complexity index is 897. The number of nitrogens with zero attached hydrogens (tertiary/aromatic N) is 3. The predicted octanol–water partition coefficient (Wildman–Crippen LogP) is 3.38. The van der Waals surface area contributed by atoms with E-state index < -0.39 is 0 Å². The van der Waals surface area contributed by atoms with E-state index in [2.05, 4.69) is 20.7 Å². The van der Waals surface area contributed by atoms with Crippen molar-refractivity contribution in [3.05, 3.63) is 71.7 Å². The number of benzene rings is 1. The SMILES string of the molecule is CN=C(NCCc1ccn(-c2ccc(F)cc2)n1)NC(C)c1ccc(C)o1. The molecular weight excluding hydrogens is 345 g/mol. The van der Waals surface area contributed by atoms with Crippen LogP contribution in [0.25, 0.3) is 5.69 Å². The molecule has 6 nitrogen and oxygen atoms in total. The summed E-state index contributed by atoms with van der Waals surface area (Å²) >= 11 is 0. The van der Waals surface area contributed by atoms with Gasteiger partial charge in [0.2, 0.25) is 0 Å². The fourth-order valence-corrected chi connectivity index (χ4v) is 2.70. The lowest BCUT2D eigenvalue weighted by molar-refractivity contribution is 0.441. The normalized spacial score (nSPS) is 12.8. The highest BCUT2D eigenvalue weighted by Gasteiger charge is 2.11. The summed E-state index contributed by atoms with van der Waals surface area (Å²) in [4.78, 5) is 4.24. The summed E-state index contributed by atoms with van der Waals surface area (Å²) in [7, 11) is 1.73. The standard InChI is InChI=1S/C20H24FN5O/c1-14-4-9-19(27-14)15(2)24-20(22-3)23-12-10-17-11-13-26(25-17)18-7-5-16(21)6-8-18/h4-9,11,13,15H,10,12H2,1-3H3,(H2,22,23,24). The monoisotopic (exact) mass is 369 g/mol. The second kappa shape index (κ2) is 8.53. The predicted molar refractivity (Wildman–Crippen MR) is 104 cm³/mol. The van der Waals surface area contributed by atoms with Crippen molar-refractivity contribution in [2.24, 2.45) is 4.99 Å². The number of aryl methyl sites for hydroxylation is 1. The van der Waals surface area contributed by atoms with Crippen molar-refractivity contribution < 1.29 is 8.81 Å². The molecule has 0 aliphatic heterocycles. The van der Waals surface area contributed by atoms with Gasteiger partial charge in [-0.2, -0.15) is 5.10 Å². The van der Waals surface area contributed by atoms with Gasteiger partial charge >= 0.3 is 0 Å². The Balaban J connectivity index is 1.50. The summed E-state index contributed by atoms with van der Waals surface area (Å²) in [5.74, 6) is 2.20. The fourth-order valence-electron chi connectivity index (χ4n) is 2.70. The second-order valence-electron chi connectivity index (χ2n) is 6.29. The van der Waals surface area contributed by atoms with Crippen LogP contribution in [0.2, 0.25) is 0 Å². The smallest absolute Gasteiger partial charge is 0.191 e. The maximum atomic E-state index is 13.0. The third-order valence-electron chi connectivity index (χ3n) is 4.17. The van der Waals surface area contributed by atoms with Crippen molar-refractivity contribution in [3.8, 4) is 5.69 Å². The second-order valence-corrected chi connectivity index (χ2v) is 6.29. The van der Waals surface area contributed by atoms with Gasteiger partial charge in [-0.05, 0) is 56.3 Å². The third-order valence-corrected chi connectivity index (χ3v) is 4.17. The Morgan fingerprint density at radius 2 is 2.00 bits per heavy atom. The lowest BCUT2D eigenvalue weighted by atomic mass is 10.2. The summed E-state index contributed by atoms with van der Waals surface area (Å²) in [6, 6.07) is 12.1. The first-order valence-corrected chi connectivity index (χ1v) is 8.89. The van der Waals surface area contributed by atoms with Crippen molar-refractivity contribution in [2.75, 3.05) is 13.6 Å². The lowest BCUT2D eigenvalue weighted by Gasteiger charge is -2.16. The van der Waals surface area contributed by atoms with Gasteiger partial charge in [-0.3, -0.25) is 4.99 Å². The third kappa shape index (κ3) is 4.97. The Morgan fingerprint density at radius 1 is 1.22 bits per heavy atom. The number of nitrogens with one attached hydrogen (secondary N) is 2. The molecule has 0 amide bonds. The van der Waals surface area contributed by atoms with Gasteiger partial charge in [0.05, 0.1) is 17.4 Å². The minimum Gasteiger partial charge on any atom is -0.464 e. The number of furan rings is 1. The minimum atomic E-state index is -0.256. The van der Waals surface area contributed by atoms with Crippen molar-refractivity contribution in [1.82, 2.24) is 20.4 Å². The highest BCUT2D eigenvalue weighted by Crippen LogP contribution is 2.15. The molecule has 0 aliphatic carbocycles. The average Bonchev–Trinajstić information content (AvgIpc) is 3.30. The molecule has 1 unspecified atom stereocenters. The van der Waals surface area contributed by atoms with E-state index in [-0.39, 0.29) is 11.9 Å². The molecule has 2 heterocycles. The molecule has 0 fully saturated rings. The van der Waals surface area contributed by atoms with E-state index in [0.717, 1.165) is 29.3 Å². The number of aromatic nitrogens is 2. The van der Waals surface area contributed by atoms with Gasteiger partial charge in [0, 0.05) is 26.2 Å². The van der Waals surface area contributed by atoms with Crippen molar-refractivity contribution in [1.29, 1.82) is 0 Å². The van der Waals surface area contributed by atoms with Gasteiger partial charge in [-0.1, -0.05) is 0 Å². The number of halogens is 1. The zero-order valence-corrected chi connectivity index (χ0v) is 15.7. The Labute approximate surface area is 158 Å². The molecule has 1 atom stereocenters. The molecule has 2 aromatic heterocycles. The van der Waals surface area contributed by atoms with Crippen LogP contribution in [-0.2, 0) is 6.42 Å². The molecule has 142 valence electrons. The molecule has 0 saturated carbocycles. The van der Waals surface area contributed by atoms with E-state index in [4.69, 9.17) is 4.42 Å². The Kier molecular flexibility index (Phi) is 5.90. The molecule has 0 aliphatic rings. The van der Waals surface area contributed by atoms with Gasteiger partial charge < -0.3 is 15.1 Å². The first kappa shape index (κ1) is 18.7. The molecule has 1 aromatic carbocycles. The summed E-state index contributed by atoms with van der Waals surface area (Å²) in [5.41, 5.74) is 1.77. The van der Waals surface area contributed by atoms with Crippen molar-refractivity contribution in [3.63, 3.8) is 0 Å². The van der Waals surface area contributed by atoms with E-state index >= 15 is 0 Å². The Hall–Kier alpha value is -3.09. The van der Waals surface area contributed by atoms with Gasteiger partial charge in [-0.15, -0.1) is 0 Å². The summed E-state index contributed by atoms with van der Waals surface area (Å²) < 4.78 is 20.4. The summed E-state index contributed by atoms with van der Waals surface area (Å²) in [6.07, 6.45) is 2.61. The number of aliphatic imine (C=N–C) groups is 1. The molecule has 0 radical (unpaired) electrons. The largest absolute Gasteiger partial charge is 0.464 e. The highest BCUT2D eigenvalue weighted by molar-refractivity contribution is 5.80. The van der Waals surface area contributed by atoms with Crippen LogP contribution in [-0.4, -0.2) is 29.3 Å². The van der Waals surface area contributed by atoms with Crippen LogP contribution < -0.4 is 10.6 Å². The first-order valence-electron chi connectivity index (χ1n) is 8.89. The van der Waals surface area contributed by atoms with Crippen LogP contribution >= 0.6 is 0 Å². The first-order chi connectivity index (χ1) is 13.0. The Morgan fingerprint density at radius 3 is 2.67 bits per heavy atom. The van der Waals surface area contributed by atoms with E-state index in [0.29, 0.717) is 12.5 Å². The average molecular weight is 369 g/mol. The van der Waals surface area contributed by atoms with Crippen molar-refractivity contribution >= 4 is 5.96 Å². The van der Waals surface area contributed by atoms with E-state index in [1.165, 1.54) is 12.1 Å². The maximum absolute atomic E-state index is 13.0. The minimum absolute atomic E-state index is 0.0163.